The predicted molar refractivity (Wildman–Crippen MR) is 106 cm³/mol. The maximum absolute atomic E-state index is 12.1. The van der Waals surface area contributed by atoms with Crippen molar-refractivity contribution in [3.05, 3.63) is 53.5 Å². The summed E-state index contributed by atoms with van der Waals surface area (Å²) in [5.74, 6) is -0.0744. The number of furan rings is 1. The number of carbonyl (C=O) groups is 2. The molecule has 2 heterocycles. The number of anilines is 1. The lowest BCUT2D eigenvalue weighted by atomic mass is 9.96. The number of nitrogen functional groups attached to an aromatic ring is 1. The van der Waals surface area contributed by atoms with Gasteiger partial charge in [-0.3, -0.25) is 9.59 Å². The molecule has 2 aromatic rings. The summed E-state index contributed by atoms with van der Waals surface area (Å²) >= 11 is 0. The van der Waals surface area contributed by atoms with Crippen molar-refractivity contribution in [3.63, 3.8) is 0 Å². The normalized spacial score (nSPS) is 16.7. The molecule has 1 aromatic heterocycles. The van der Waals surface area contributed by atoms with Gasteiger partial charge in [-0.25, -0.2) is 0 Å². The first kappa shape index (κ1) is 18.9. The molecule has 0 aliphatic carbocycles. The Labute approximate surface area is 159 Å². The Hall–Kier alpha value is -2.86. The molecule has 6 nitrogen and oxygen atoms in total. The Morgan fingerprint density at radius 3 is 2.59 bits per heavy atom. The maximum atomic E-state index is 12.1. The Morgan fingerprint density at radius 2 is 2.00 bits per heavy atom. The largest absolute Gasteiger partial charge is 0.472 e. The highest BCUT2D eigenvalue weighted by Gasteiger charge is 2.22. The van der Waals surface area contributed by atoms with E-state index in [1.54, 1.807) is 30.7 Å². The van der Waals surface area contributed by atoms with E-state index in [0.29, 0.717) is 28.1 Å². The van der Waals surface area contributed by atoms with Crippen LogP contribution in [0.5, 0.6) is 0 Å². The lowest BCUT2D eigenvalue weighted by molar-refractivity contribution is -0.103. The van der Waals surface area contributed by atoms with Crippen molar-refractivity contribution in [2.24, 2.45) is 0 Å². The first-order chi connectivity index (χ1) is 13.0. The molecule has 3 N–H and O–H groups in total. The number of Topliss-reactive ketones (excluding diaryl/α,β-unsaturated/α-hetero) is 1. The quantitative estimate of drug-likeness (QED) is 0.353. The standard InChI is InChI=1S/C21H25N3O3/c1-14(26)15-3-4-20(22)18(11-15)19(12-25)21(16-7-10-27-13-16)23-17-5-8-24(2)9-6-17/h3-4,7,10-13,17,23H,5-6,8-9,22H2,1-2H3/b21-19+. The molecule has 0 saturated carbocycles. The number of rotatable bonds is 6. The molecule has 0 atom stereocenters. The van der Waals surface area contributed by atoms with E-state index in [1.807, 2.05) is 6.07 Å². The third-order valence-corrected chi connectivity index (χ3v) is 5.01. The molecule has 1 aliphatic heterocycles. The van der Waals surface area contributed by atoms with Crippen LogP contribution in [0, 0.1) is 0 Å². The minimum absolute atomic E-state index is 0.0744. The average molecular weight is 367 g/mol. The smallest absolute Gasteiger partial charge is 0.159 e. The minimum atomic E-state index is -0.0744. The van der Waals surface area contributed by atoms with Crippen molar-refractivity contribution >= 4 is 29.0 Å². The maximum Gasteiger partial charge on any atom is 0.159 e. The molecule has 3 rings (SSSR count). The van der Waals surface area contributed by atoms with Crippen molar-refractivity contribution in [2.45, 2.75) is 25.8 Å². The van der Waals surface area contributed by atoms with Crippen LogP contribution in [-0.4, -0.2) is 43.1 Å². The molecule has 0 spiro atoms. The number of likely N-dealkylation sites (tertiary alicyclic amines) is 1. The number of benzene rings is 1. The molecule has 1 aliphatic rings. The number of allylic oxidation sites excluding steroid dienone is 1. The van der Waals surface area contributed by atoms with E-state index in [9.17, 15) is 9.59 Å². The van der Waals surface area contributed by atoms with Gasteiger partial charge in [-0.2, -0.15) is 0 Å². The fourth-order valence-electron chi connectivity index (χ4n) is 3.35. The lowest BCUT2D eigenvalue weighted by Gasteiger charge is -2.31. The summed E-state index contributed by atoms with van der Waals surface area (Å²) in [6.07, 6.45) is 5.93. The van der Waals surface area contributed by atoms with E-state index >= 15 is 0 Å². The number of nitrogens with zero attached hydrogens (tertiary/aromatic N) is 1. The monoisotopic (exact) mass is 367 g/mol. The summed E-state index contributed by atoms with van der Waals surface area (Å²) in [6, 6.07) is 7.08. The molecule has 0 amide bonds. The second-order valence-corrected chi connectivity index (χ2v) is 7.00. The number of hydrogen-bond donors (Lipinski definition) is 2. The molecular weight excluding hydrogens is 342 g/mol. The zero-order valence-corrected chi connectivity index (χ0v) is 15.7. The van der Waals surface area contributed by atoms with Gasteiger partial charge in [0.15, 0.2) is 12.1 Å². The van der Waals surface area contributed by atoms with E-state index in [4.69, 9.17) is 10.2 Å². The van der Waals surface area contributed by atoms with Gasteiger partial charge in [0, 0.05) is 34.0 Å². The molecule has 1 fully saturated rings. The molecule has 0 radical (unpaired) electrons. The number of ketones is 1. The summed E-state index contributed by atoms with van der Waals surface area (Å²) in [7, 11) is 2.11. The van der Waals surface area contributed by atoms with E-state index in [-0.39, 0.29) is 11.8 Å². The number of piperidine rings is 1. The van der Waals surface area contributed by atoms with E-state index in [2.05, 4.69) is 17.3 Å². The molecule has 1 saturated heterocycles. The molecular formula is C21H25N3O3. The number of hydrogen-bond acceptors (Lipinski definition) is 6. The fraction of sp³-hybridized carbons (Fsp3) is 0.333. The van der Waals surface area contributed by atoms with Crippen LogP contribution in [-0.2, 0) is 4.79 Å². The highest BCUT2D eigenvalue weighted by atomic mass is 16.3. The lowest BCUT2D eigenvalue weighted by Crippen LogP contribution is -2.40. The van der Waals surface area contributed by atoms with Crippen LogP contribution < -0.4 is 11.1 Å². The Bertz CT molecular complexity index is 848. The summed E-state index contributed by atoms with van der Waals surface area (Å²) in [6.45, 7) is 3.48. The van der Waals surface area contributed by atoms with E-state index in [1.165, 1.54) is 6.92 Å². The molecule has 142 valence electrons. The highest BCUT2D eigenvalue weighted by molar-refractivity contribution is 6.19. The van der Waals surface area contributed by atoms with Crippen LogP contribution >= 0.6 is 0 Å². The van der Waals surface area contributed by atoms with E-state index < -0.39 is 0 Å². The summed E-state index contributed by atoms with van der Waals surface area (Å²) in [5, 5.41) is 3.53. The molecule has 27 heavy (non-hydrogen) atoms. The zero-order valence-electron chi connectivity index (χ0n) is 15.7. The average Bonchev–Trinajstić information content (AvgIpc) is 3.18. The number of nitrogens with two attached hydrogens (primary N) is 1. The van der Waals surface area contributed by atoms with E-state index in [0.717, 1.165) is 37.8 Å². The van der Waals surface area contributed by atoms with Crippen LogP contribution in [0.1, 0.15) is 41.3 Å². The van der Waals surface area contributed by atoms with Crippen molar-refractivity contribution in [1.29, 1.82) is 0 Å². The van der Waals surface area contributed by atoms with Crippen LogP contribution in [0.3, 0.4) is 0 Å². The van der Waals surface area contributed by atoms with Gasteiger partial charge in [-0.05, 0) is 64.2 Å². The van der Waals surface area contributed by atoms with Crippen molar-refractivity contribution in [2.75, 3.05) is 25.9 Å². The van der Waals surface area contributed by atoms with Crippen molar-refractivity contribution in [3.8, 4) is 0 Å². The summed E-state index contributed by atoms with van der Waals surface area (Å²) in [5.41, 5.74) is 9.56. The Balaban J connectivity index is 2.07. The topological polar surface area (TPSA) is 88.6 Å². The summed E-state index contributed by atoms with van der Waals surface area (Å²) in [4.78, 5) is 26.2. The van der Waals surface area contributed by atoms with Gasteiger partial charge in [0.2, 0.25) is 0 Å². The van der Waals surface area contributed by atoms with Crippen LogP contribution in [0.4, 0.5) is 5.69 Å². The second kappa shape index (κ2) is 8.22. The minimum Gasteiger partial charge on any atom is -0.472 e. The fourth-order valence-corrected chi connectivity index (χ4v) is 3.35. The molecule has 0 bridgehead atoms. The second-order valence-electron chi connectivity index (χ2n) is 7.00. The van der Waals surface area contributed by atoms with Gasteiger partial charge in [0.25, 0.3) is 0 Å². The van der Waals surface area contributed by atoms with Crippen molar-refractivity contribution in [1.82, 2.24) is 10.2 Å². The van der Waals surface area contributed by atoms with Crippen LogP contribution in [0.25, 0.3) is 11.3 Å². The first-order valence-electron chi connectivity index (χ1n) is 9.07. The van der Waals surface area contributed by atoms with Gasteiger partial charge in [-0.15, -0.1) is 0 Å². The Kier molecular flexibility index (Phi) is 5.76. The van der Waals surface area contributed by atoms with Crippen molar-refractivity contribution < 1.29 is 14.0 Å². The van der Waals surface area contributed by atoms with Gasteiger partial charge in [0.05, 0.1) is 18.2 Å². The number of aldehydes is 1. The first-order valence-corrected chi connectivity index (χ1v) is 9.07. The zero-order chi connectivity index (χ0) is 19.4. The summed E-state index contributed by atoms with van der Waals surface area (Å²) < 4.78 is 5.24. The Morgan fingerprint density at radius 1 is 1.26 bits per heavy atom. The number of nitrogens with one attached hydrogen (secondary N) is 1. The number of carbonyl (C=O) groups excluding carboxylic acids is 2. The van der Waals surface area contributed by atoms with Gasteiger partial charge < -0.3 is 20.4 Å². The molecule has 1 aromatic carbocycles. The SMILES string of the molecule is CC(=O)c1ccc(N)c(/C(C=O)=C(/NC2CCN(C)CC2)c2ccoc2)c1. The van der Waals surface area contributed by atoms with Gasteiger partial charge in [0.1, 0.15) is 0 Å². The molecule has 6 heteroatoms. The van der Waals surface area contributed by atoms with Gasteiger partial charge in [-0.1, -0.05) is 0 Å². The van der Waals surface area contributed by atoms with Crippen LogP contribution in [0.2, 0.25) is 0 Å². The predicted octanol–water partition coefficient (Wildman–Crippen LogP) is 2.82. The highest BCUT2D eigenvalue weighted by Crippen LogP contribution is 2.29. The third-order valence-electron chi connectivity index (χ3n) is 5.01. The molecule has 0 unspecified atom stereocenters. The van der Waals surface area contributed by atoms with Gasteiger partial charge >= 0.3 is 0 Å². The van der Waals surface area contributed by atoms with Crippen LogP contribution in [0.15, 0.2) is 41.2 Å². The third kappa shape index (κ3) is 4.28.